The average molecular weight is 299 g/mol. The molecule has 1 saturated heterocycles. The zero-order valence-electron chi connectivity index (χ0n) is 11.6. The SMILES string of the molecule is c1ccn2ncc(NC3CCN(c4nccs4)CC3)c2c1. The Hall–Kier alpha value is -2.08. The summed E-state index contributed by atoms with van der Waals surface area (Å²) in [5.41, 5.74) is 2.27. The van der Waals surface area contributed by atoms with Crippen molar-refractivity contribution in [1.29, 1.82) is 0 Å². The number of hydrogen-bond acceptors (Lipinski definition) is 5. The van der Waals surface area contributed by atoms with Crippen LogP contribution in [0.1, 0.15) is 12.8 Å². The van der Waals surface area contributed by atoms with Crippen molar-refractivity contribution in [3.8, 4) is 0 Å². The molecule has 0 aliphatic carbocycles. The summed E-state index contributed by atoms with van der Waals surface area (Å²) >= 11 is 1.72. The standard InChI is InChI=1S/C15H17N5S/c1-2-7-20-14(3-1)13(11-17-20)18-12-4-8-19(9-5-12)15-16-6-10-21-15/h1-3,6-7,10-12,18H,4-5,8-9H2. The van der Waals surface area contributed by atoms with Crippen LogP contribution in [-0.4, -0.2) is 33.7 Å². The van der Waals surface area contributed by atoms with Gasteiger partial charge >= 0.3 is 0 Å². The van der Waals surface area contributed by atoms with Crippen LogP contribution in [0.15, 0.2) is 42.2 Å². The van der Waals surface area contributed by atoms with Gasteiger partial charge in [0.25, 0.3) is 0 Å². The summed E-state index contributed by atoms with van der Waals surface area (Å²) in [6, 6.07) is 6.65. The van der Waals surface area contributed by atoms with E-state index in [1.54, 1.807) is 11.3 Å². The molecule has 108 valence electrons. The van der Waals surface area contributed by atoms with E-state index in [0.717, 1.165) is 42.3 Å². The third kappa shape index (κ3) is 2.47. The topological polar surface area (TPSA) is 45.5 Å². The molecule has 3 aromatic heterocycles. The maximum atomic E-state index is 4.39. The van der Waals surface area contributed by atoms with Crippen LogP contribution >= 0.6 is 11.3 Å². The van der Waals surface area contributed by atoms with E-state index in [1.165, 1.54) is 0 Å². The van der Waals surface area contributed by atoms with Crippen LogP contribution in [0.5, 0.6) is 0 Å². The molecule has 4 heterocycles. The predicted molar refractivity (Wildman–Crippen MR) is 86.2 cm³/mol. The van der Waals surface area contributed by atoms with Crippen LogP contribution < -0.4 is 10.2 Å². The first-order valence-electron chi connectivity index (χ1n) is 7.23. The smallest absolute Gasteiger partial charge is 0.185 e. The van der Waals surface area contributed by atoms with Gasteiger partial charge in [0.1, 0.15) is 0 Å². The first-order valence-corrected chi connectivity index (χ1v) is 8.11. The van der Waals surface area contributed by atoms with Crippen LogP contribution in [0, 0.1) is 0 Å². The molecule has 0 saturated carbocycles. The first kappa shape index (κ1) is 12.6. The van der Waals surface area contributed by atoms with Gasteiger partial charge in [0, 0.05) is 36.9 Å². The maximum Gasteiger partial charge on any atom is 0.185 e. The van der Waals surface area contributed by atoms with E-state index >= 15 is 0 Å². The number of thiazole rings is 1. The number of fused-ring (bicyclic) bond motifs is 1. The molecule has 21 heavy (non-hydrogen) atoms. The summed E-state index contributed by atoms with van der Waals surface area (Å²) in [7, 11) is 0. The number of rotatable bonds is 3. The second kappa shape index (κ2) is 5.37. The van der Waals surface area contributed by atoms with Gasteiger partial charge in [0.05, 0.1) is 17.4 Å². The van der Waals surface area contributed by atoms with Crippen LogP contribution in [0.2, 0.25) is 0 Å². The van der Waals surface area contributed by atoms with Crippen molar-refractivity contribution >= 4 is 27.7 Å². The van der Waals surface area contributed by atoms with E-state index in [0.29, 0.717) is 6.04 Å². The molecular weight excluding hydrogens is 282 g/mol. The Kier molecular flexibility index (Phi) is 3.23. The number of aromatic nitrogens is 3. The number of anilines is 2. The Morgan fingerprint density at radius 2 is 2.14 bits per heavy atom. The van der Waals surface area contributed by atoms with Crippen molar-refractivity contribution in [3.05, 3.63) is 42.2 Å². The highest BCUT2D eigenvalue weighted by molar-refractivity contribution is 7.13. The number of pyridine rings is 1. The Labute approximate surface area is 127 Å². The molecule has 4 rings (SSSR count). The quantitative estimate of drug-likeness (QED) is 0.808. The second-order valence-corrected chi connectivity index (χ2v) is 6.18. The van der Waals surface area contributed by atoms with Gasteiger partial charge in [0.15, 0.2) is 5.13 Å². The lowest BCUT2D eigenvalue weighted by atomic mass is 10.1. The summed E-state index contributed by atoms with van der Waals surface area (Å²) in [5, 5.41) is 11.2. The minimum atomic E-state index is 0.509. The summed E-state index contributed by atoms with van der Waals surface area (Å²) in [5.74, 6) is 0. The summed E-state index contributed by atoms with van der Waals surface area (Å²) in [6.07, 6.45) is 8.03. The van der Waals surface area contributed by atoms with Gasteiger partial charge in [-0.05, 0) is 25.0 Å². The van der Waals surface area contributed by atoms with Gasteiger partial charge in [-0.2, -0.15) is 5.10 Å². The highest BCUT2D eigenvalue weighted by Crippen LogP contribution is 2.25. The minimum Gasteiger partial charge on any atom is -0.379 e. The third-order valence-corrected chi connectivity index (χ3v) is 4.80. The molecule has 6 heteroatoms. The Balaban J connectivity index is 1.43. The van der Waals surface area contributed by atoms with E-state index in [4.69, 9.17) is 0 Å². The Morgan fingerprint density at radius 1 is 1.24 bits per heavy atom. The van der Waals surface area contributed by atoms with E-state index in [1.807, 2.05) is 40.6 Å². The van der Waals surface area contributed by atoms with Crippen LogP contribution in [0.3, 0.4) is 0 Å². The largest absolute Gasteiger partial charge is 0.379 e. The molecule has 3 aromatic rings. The van der Waals surface area contributed by atoms with Gasteiger partial charge in [-0.25, -0.2) is 9.50 Å². The number of hydrogen-bond donors (Lipinski definition) is 1. The zero-order chi connectivity index (χ0) is 14.1. The molecule has 1 aliphatic rings. The molecule has 0 unspecified atom stereocenters. The lowest BCUT2D eigenvalue weighted by Crippen LogP contribution is -2.39. The normalized spacial score (nSPS) is 16.5. The fraction of sp³-hybridized carbons (Fsp3) is 0.333. The molecule has 0 amide bonds. The predicted octanol–water partition coefficient (Wildman–Crippen LogP) is 2.87. The second-order valence-electron chi connectivity index (χ2n) is 5.31. The highest BCUT2D eigenvalue weighted by Gasteiger charge is 2.21. The zero-order valence-corrected chi connectivity index (χ0v) is 12.5. The molecule has 1 N–H and O–H groups in total. The highest BCUT2D eigenvalue weighted by atomic mass is 32.1. The fourth-order valence-electron chi connectivity index (χ4n) is 2.85. The van der Waals surface area contributed by atoms with Gasteiger partial charge in [-0.15, -0.1) is 11.3 Å². The lowest BCUT2D eigenvalue weighted by Gasteiger charge is -2.32. The monoisotopic (exact) mass is 299 g/mol. The van der Waals surface area contributed by atoms with Crippen LogP contribution in [0.4, 0.5) is 10.8 Å². The van der Waals surface area contributed by atoms with Crippen LogP contribution in [0.25, 0.3) is 5.52 Å². The van der Waals surface area contributed by atoms with E-state index in [-0.39, 0.29) is 0 Å². The molecule has 0 spiro atoms. The van der Waals surface area contributed by atoms with Gasteiger partial charge in [-0.3, -0.25) is 0 Å². The molecule has 0 atom stereocenters. The van der Waals surface area contributed by atoms with Gasteiger partial charge in [0.2, 0.25) is 0 Å². The molecule has 1 aliphatic heterocycles. The summed E-state index contributed by atoms with van der Waals surface area (Å²) < 4.78 is 1.91. The molecule has 1 fully saturated rings. The van der Waals surface area contributed by atoms with Gasteiger partial charge < -0.3 is 10.2 Å². The number of piperidine rings is 1. The maximum absolute atomic E-state index is 4.39. The number of nitrogens with one attached hydrogen (secondary N) is 1. The van der Waals surface area contributed by atoms with E-state index in [2.05, 4.69) is 26.4 Å². The lowest BCUT2D eigenvalue weighted by molar-refractivity contribution is 0.526. The first-order chi connectivity index (χ1) is 10.4. The molecule has 0 bridgehead atoms. The molecule has 0 radical (unpaired) electrons. The Bertz CT molecular complexity index is 713. The van der Waals surface area contributed by atoms with E-state index in [9.17, 15) is 0 Å². The third-order valence-electron chi connectivity index (χ3n) is 3.97. The fourth-order valence-corrected chi connectivity index (χ4v) is 3.55. The van der Waals surface area contributed by atoms with E-state index < -0.39 is 0 Å². The van der Waals surface area contributed by atoms with Gasteiger partial charge in [-0.1, -0.05) is 6.07 Å². The van der Waals surface area contributed by atoms with Crippen molar-refractivity contribution < 1.29 is 0 Å². The molecule has 0 aromatic carbocycles. The molecule has 5 nitrogen and oxygen atoms in total. The van der Waals surface area contributed by atoms with Crippen LogP contribution in [-0.2, 0) is 0 Å². The van der Waals surface area contributed by atoms with Crippen molar-refractivity contribution in [3.63, 3.8) is 0 Å². The average Bonchev–Trinajstić information content (AvgIpc) is 3.19. The van der Waals surface area contributed by atoms with Crippen molar-refractivity contribution in [2.45, 2.75) is 18.9 Å². The van der Waals surface area contributed by atoms with Crippen molar-refractivity contribution in [2.75, 3.05) is 23.3 Å². The van der Waals surface area contributed by atoms with Crippen molar-refractivity contribution in [1.82, 2.24) is 14.6 Å². The van der Waals surface area contributed by atoms with Crippen molar-refractivity contribution in [2.24, 2.45) is 0 Å². The Morgan fingerprint density at radius 3 is 2.95 bits per heavy atom. The summed E-state index contributed by atoms with van der Waals surface area (Å²) in [4.78, 5) is 6.77. The number of nitrogens with zero attached hydrogens (tertiary/aromatic N) is 4. The summed E-state index contributed by atoms with van der Waals surface area (Å²) in [6.45, 7) is 2.12. The minimum absolute atomic E-state index is 0.509. The molecular formula is C15H17N5S.